The van der Waals surface area contributed by atoms with E-state index < -0.39 is 11.8 Å². The van der Waals surface area contributed by atoms with Gasteiger partial charge in [-0.15, -0.1) is 0 Å². The summed E-state index contributed by atoms with van der Waals surface area (Å²) in [6, 6.07) is 20.1. The van der Waals surface area contributed by atoms with Crippen LogP contribution in [0.15, 0.2) is 71.3 Å². The number of hydrogen-bond acceptors (Lipinski definition) is 4. The van der Waals surface area contributed by atoms with E-state index in [1.54, 1.807) is 6.07 Å². The summed E-state index contributed by atoms with van der Waals surface area (Å²) >= 11 is 0. The van der Waals surface area contributed by atoms with Gasteiger partial charge in [-0.25, -0.2) is 9.18 Å². The van der Waals surface area contributed by atoms with Gasteiger partial charge in [0.25, 0.3) is 0 Å². The third-order valence-corrected chi connectivity index (χ3v) is 5.31. The lowest BCUT2D eigenvalue weighted by Crippen LogP contribution is -2.01. The van der Waals surface area contributed by atoms with Crippen LogP contribution in [0.2, 0.25) is 0 Å². The Kier molecular flexibility index (Phi) is 5.19. The highest BCUT2D eigenvalue weighted by atomic mass is 19.1. The molecule has 3 aromatic carbocycles. The van der Waals surface area contributed by atoms with E-state index in [1.165, 1.54) is 19.2 Å². The van der Waals surface area contributed by atoms with E-state index in [9.17, 15) is 9.18 Å². The molecular weight excluding hydrogens is 381 g/mol. The zero-order valence-corrected chi connectivity index (χ0v) is 16.9. The van der Waals surface area contributed by atoms with Crippen LogP contribution in [-0.4, -0.2) is 18.2 Å². The normalized spacial score (nSPS) is 10.8. The molecule has 0 atom stereocenters. The number of carbonyl (C=O) groups is 1. The maximum atomic E-state index is 14.5. The summed E-state index contributed by atoms with van der Waals surface area (Å²) < 4.78 is 24.7. The van der Waals surface area contributed by atoms with Gasteiger partial charge in [0, 0.05) is 17.2 Å². The molecule has 30 heavy (non-hydrogen) atoms. The number of methoxy groups -OCH3 is 1. The summed E-state index contributed by atoms with van der Waals surface area (Å²) in [5.41, 5.74) is 6.18. The lowest BCUT2D eigenvalue weighted by atomic mass is 9.92. The lowest BCUT2D eigenvalue weighted by molar-refractivity contribution is 0.0600. The van der Waals surface area contributed by atoms with Gasteiger partial charge in [-0.1, -0.05) is 47.6 Å². The summed E-state index contributed by atoms with van der Waals surface area (Å²) in [7, 11) is 1.26. The van der Waals surface area contributed by atoms with Crippen molar-refractivity contribution in [3.63, 3.8) is 0 Å². The predicted octanol–water partition coefficient (Wildman–Crippen LogP) is 6.22. The summed E-state index contributed by atoms with van der Waals surface area (Å²) in [5, 5.41) is 4.04. The molecule has 5 heteroatoms. The Morgan fingerprint density at radius 2 is 1.57 bits per heavy atom. The molecule has 4 rings (SSSR count). The highest BCUT2D eigenvalue weighted by molar-refractivity contribution is 5.90. The van der Waals surface area contributed by atoms with E-state index >= 15 is 0 Å². The first-order chi connectivity index (χ1) is 14.5. The Morgan fingerprint density at radius 3 is 2.27 bits per heavy atom. The number of nitrogens with zero attached hydrogens (tertiary/aromatic N) is 1. The van der Waals surface area contributed by atoms with Crippen LogP contribution in [-0.2, 0) is 4.74 Å². The van der Waals surface area contributed by atoms with Crippen molar-refractivity contribution >= 4 is 5.97 Å². The average molecular weight is 401 g/mol. The molecule has 0 unspecified atom stereocenters. The van der Waals surface area contributed by atoms with E-state index in [0.29, 0.717) is 11.5 Å². The van der Waals surface area contributed by atoms with Crippen molar-refractivity contribution < 1.29 is 18.4 Å². The second kappa shape index (κ2) is 7.95. The van der Waals surface area contributed by atoms with Crippen LogP contribution in [0, 0.1) is 19.7 Å². The molecule has 0 fully saturated rings. The SMILES string of the molecule is COC(=O)c1ccc(-c2cc(-c3ccc(-c4ccccc4)c(C)c3C)on2)c(F)c1. The lowest BCUT2D eigenvalue weighted by Gasteiger charge is -2.12. The van der Waals surface area contributed by atoms with Gasteiger partial charge in [-0.2, -0.15) is 0 Å². The van der Waals surface area contributed by atoms with Crippen LogP contribution in [0.25, 0.3) is 33.7 Å². The first-order valence-electron chi connectivity index (χ1n) is 9.50. The molecule has 4 aromatic rings. The van der Waals surface area contributed by atoms with Gasteiger partial charge >= 0.3 is 5.97 Å². The van der Waals surface area contributed by atoms with Gasteiger partial charge in [0.05, 0.1) is 12.7 Å². The largest absolute Gasteiger partial charge is 0.465 e. The molecule has 0 aliphatic carbocycles. The maximum Gasteiger partial charge on any atom is 0.337 e. The minimum Gasteiger partial charge on any atom is -0.465 e. The van der Waals surface area contributed by atoms with Crippen molar-refractivity contribution in [3.8, 4) is 33.7 Å². The molecule has 1 aromatic heterocycles. The van der Waals surface area contributed by atoms with Crippen molar-refractivity contribution in [1.29, 1.82) is 0 Å². The molecule has 0 aliphatic rings. The highest BCUT2D eigenvalue weighted by Crippen LogP contribution is 2.34. The monoisotopic (exact) mass is 401 g/mol. The van der Waals surface area contributed by atoms with E-state index in [-0.39, 0.29) is 11.1 Å². The molecule has 0 N–H and O–H groups in total. The zero-order valence-electron chi connectivity index (χ0n) is 16.9. The molecule has 0 radical (unpaired) electrons. The number of ether oxygens (including phenoxy) is 1. The Hall–Kier alpha value is -3.73. The maximum absolute atomic E-state index is 14.5. The summed E-state index contributed by atoms with van der Waals surface area (Å²) in [6.07, 6.45) is 0. The fourth-order valence-corrected chi connectivity index (χ4v) is 3.51. The molecule has 0 saturated carbocycles. The van der Waals surface area contributed by atoms with Gasteiger partial charge in [0.15, 0.2) is 5.76 Å². The molecule has 0 bridgehead atoms. The van der Waals surface area contributed by atoms with Crippen LogP contribution in [0.5, 0.6) is 0 Å². The minimum absolute atomic E-state index is 0.144. The summed E-state index contributed by atoms with van der Waals surface area (Å²) in [4.78, 5) is 11.6. The van der Waals surface area contributed by atoms with Crippen LogP contribution in [0.4, 0.5) is 4.39 Å². The van der Waals surface area contributed by atoms with Gasteiger partial charge < -0.3 is 9.26 Å². The predicted molar refractivity (Wildman–Crippen MR) is 114 cm³/mol. The van der Waals surface area contributed by atoms with Crippen molar-refractivity contribution in [2.45, 2.75) is 13.8 Å². The first-order valence-corrected chi connectivity index (χ1v) is 9.50. The number of aromatic nitrogens is 1. The molecular formula is C25H20FNO3. The van der Waals surface area contributed by atoms with Crippen molar-refractivity contribution in [2.75, 3.05) is 7.11 Å². The third kappa shape index (κ3) is 3.50. The second-order valence-corrected chi connectivity index (χ2v) is 7.04. The molecule has 0 aliphatic heterocycles. The average Bonchev–Trinajstić information content (AvgIpc) is 3.25. The molecule has 1 heterocycles. The van der Waals surface area contributed by atoms with E-state index in [1.807, 2.05) is 31.2 Å². The Balaban J connectivity index is 1.70. The number of halogens is 1. The summed E-state index contributed by atoms with van der Waals surface area (Å²) in [5.74, 6) is -0.599. The standard InChI is InChI=1S/C25H20FNO3/c1-15-16(2)20(12-11-19(15)17-7-5-4-6-8-17)24-14-23(27-30-24)21-10-9-18(13-22(21)26)25(28)29-3/h4-14H,1-3H3. The van der Waals surface area contributed by atoms with Gasteiger partial charge in [-0.3, -0.25) is 0 Å². The van der Waals surface area contributed by atoms with Crippen LogP contribution >= 0.6 is 0 Å². The van der Waals surface area contributed by atoms with Crippen LogP contribution < -0.4 is 0 Å². The Bertz CT molecular complexity index is 1230. The fraction of sp³-hybridized carbons (Fsp3) is 0.120. The second-order valence-electron chi connectivity index (χ2n) is 7.04. The molecule has 150 valence electrons. The Morgan fingerprint density at radius 1 is 0.900 bits per heavy atom. The number of rotatable bonds is 4. The molecule has 0 amide bonds. The smallest absolute Gasteiger partial charge is 0.337 e. The fourth-order valence-electron chi connectivity index (χ4n) is 3.51. The topological polar surface area (TPSA) is 52.3 Å². The van der Waals surface area contributed by atoms with Gasteiger partial charge in [0.2, 0.25) is 0 Å². The van der Waals surface area contributed by atoms with Crippen molar-refractivity contribution in [3.05, 3.63) is 89.2 Å². The van der Waals surface area contributed by atoms with Gasteiger partial charge in [-0.05, 0) is 54.3 Å². The van der Waals surface area contributed by atoms with Crippen LogP contribution in [0.3, 0.4) is 0 Å². The van der Waals surface area contributed by atoms with Crippen LogP contribution in [0.1, 0.15) is 21.5 Å². The molecule has 4 nitrogen and oxygen atoms in total. The highest BCUT2D eigenvalue weighted by Gasteiger charge is 2.17. The first kappa shape index (κ1) is 19.6. The quantitative estimate of drug-likeness (QED) is 0.381. The Labute approximate surface area is 173 Å². The number of carbonyl (C=O) groups excluding carboxylic acids is 1. The zero-order chi connectivity index (χ0) is 21.3. The van der Waals surface area contributed by atoms with Gasteiger partial charge in [0.1, 0.15) is 11.5 Å². The molecule has 0 saturated heterocycles. The number of esters is 1. The van der Waals surface area contributed by atoms with Crippen molar-refractivity contribution in [1.82, 2.24) is 5.16 Å². The number of benzene rings is 3. The molecule has 0 spiro atoms. The van der Waals surface area contributed by atoms with E-state index in [0.717, 1.165) is 33.9 Å². The van der Waals surface area contributed by atoms with E-state index in [2.05, 4.69) is 35.0 Å². The van der Waals surface area contributed by atoms with E-state index in [4.69, 9.17) is 4.52 Å². The number of hydrogen-bond donors (Lipinski definition) is 0. The van der Waals surface area contributed by atoms with Crippen molar-refractivity contribution in [2.24, 2.45) is 0 Å². The summed E-state index contributed by atoms with van der Waals surface area (Å²) in [6.45, 7) is 4.11. The third-order valence-electron chi connectivity index (χ3n) is 5.31. The minimum atomic E-state index is -0.592.